The summed E-state index contributed by atoms with van der Waals surface area (Å²) >= 11 is 1.69. The molecule has 0 aliphatic carbocycles. The summed E-state index contributed by atoms with van der Waals surface area (Å²) in [4.78, 5) is 14.6. The number of likely N-dealkylation sites (N-methyl/N-ethyl adjacent to an activating group) is 1. The Balaban J connectivity index is 2.08. The van der Waals surface area contributed by atoms with Gasteiger partial charge >= 0.3 is 0 Å². The number of ketones is 1. The smallest absolute Gasteiger partial charge is 0.177 e. The number of thiophene rings is 1. The molecule has 0 N–H and O–H groups in total. The van der Waals surface area contributed by atoms with Crippen molar-refractivity contribution in [1.82, 2.24) is 4.90 Å². The molecule has 0 saturated heterocycles. The number of Topliss-reactive ketones (excluding diaryl/α,β-unsaturated/α-hetero) is 1. The predicted molar refractivity (Wildman–Crippen MR) is 85.6 cm³/mol. The Morgan fingerprint density at radius 2 is 1.85 bits per heavy atom. The third-order valence-electron chi connectivity index (χ3n) is 3.40. The van der Waals surface area contributed by atoms with E-state index >= 15 is 0 Å². The minimum absolute atomic E-state index is 0.206. The Morgan fingerprint density at radius 3 is 2.40 bits per heavy atom. The van der Waals surface area contributed by atoms with Crippen LogP contribution in [0.1, 0.15) is 32.6 Å². The predicted octanol–water partition coefficient (Wildman–Crippen LogP) is 3.99. The quantitative estimate of drug-likeness (QED) is 0.775. The van der Waals surface area contributed by atoms with Crippen LogP contribution in [0.5, 0.6) is 0 Å². The van der Waals surface area contributed by atoms with Gasteiger partial charge in [-0.15, -0.1) is 0 Å². The molecular formula is C17H21NOS. The molecule has 0 spiro atoms. The summed E-state index contributed by atoms with van der Waals surface area (Å²) in [7, 11) is 1.99. The number of hydrogen-bond acceptors (Lipinski definition) is 3. The highest BCUT2D eigenvalue weighted by Crippen LogP contribution is 2.18. The van der Waals surface area contributed by atoms with Crippen LogP contribution in [-0.2, 0) is 6.54 Å². The number of rotatable bonds is 5. The number of benzene rings is 1. The molecule has 0 amide bonds. The summed E-state index contributed by atoms with van der Waals surface area (Å²) in [6, 6.07) is 6.27. The van der Waals surface area contributed by atoms with E-state index in [9.17, 15) is 4.79 Å². The van der Waals surface area contributed by atoms with E-state index in [1.807, 2.05) is 20.9 Å². The van der Waals surface area contributed by atoms with Gasteiger partial charge in [0.05, 0.1) is 6.54 Å². The van der Waals surface area contributed by atoms with Crippen LogP contribution in [0.3, 0.4) is 0 Å². The average molecular weight is 287 g/mol. The van der Waals surface area contributed by atoms with Gasteiger partial charge in [0.1, 0.15) is 0 Å². The fourth-order valence-electron chi connectivity index (χ4n) is 2.69. The molecule has 2 rings (SSSR count). The van der Waals surface area contributed by atoms with E-state index in [0.717, 1.165) is 23.2 Å². The molecule has 2 nitrogen and oxygen atoms in total. The van der Waals surface area contributed by atoms with Gasteiger partial charge < -0.3 is 0 Å². The fraction of sp³-hybridized carbons (Fsp3) is 0.353. The largest absolute Gasteiger partial charge is 0.295 e. The number of aryl methyl sites for hydroxylation is 3. The lowest BCUT2D eigenvalue weighted by molar-refractivity contribution is 0.0942. The van der Waals surface area contributed by atoms with Crippen LogP contribution in [0, 0.1) is 20.8 Å². The highest BCUT2D eigenvalue weighted by atomic mass is 32.1. The van der Waals surface area contributed by atoms with Gasteiger partial charge in [-0.3, -0.25) is 9.69 Å². The zero-order valence-electron chi connectivity index (χ0n) is 12.6. The van der Waals surface area contributed by atoms with Crippen LogP contribution in [0.2, 0.25) is 0 Å². The maximum Gasteiger partial charge on any atom is 0.177 e. The first-order valence-electron chi connectivity index (χ1n) is 6.78. The van der Waals surface area contributed by atoms with Gasteiger partial charge in [-0.05, 0) is 61.3 Å². The Bertz CT molecular complexity index is 578. The summed E-state index contributed by atoms with van der Waals surface area (Å²) in [6.45, 7) is 7.38. The van der Waals surface area contributed by atoms with E-state index in [1.165, 1.54) is 11.1 Å². The van der Waals surface area contributed by atoms with Crippen LogP contribution in [0.15, 0.2) is 29.0 Å². The number of nitrogens with zero attached hydrogens (tertiary/aromatic N) is 1. The van der Waals surface area contributed by atoms with E-state index < -0.39 is 0 Å². The molecule has 0 aliphatic rings. The Kier molecular flexibility index (Phi) is 4.73. The Hall–Kier alpha value is -1.45. The normalized spacial score (nSPS) is 11.1. The zero-order valence-corrected chi connectivity index (χ0v) is 13.4. The Labute approximate surface area is 125 Å². The van der Waals surface area contributed by atoms with Crippen molar-refractivity contribution < 1.29 is 4.79 Å². The molecule has 0 fully saturated rings. The average Bonchev–Trinajstić information content (AvgIpc) is 2.79. The molecule has 1 aromatic heterocycles. The van der Waals surface area contributed by atoms with Crippen molar-refractivity contribution in [1.29, 1.82) is 0 Å². The molecule has 0 atom stereocenters. The molecule has 0 unspecified atom stereocenters. The summed E-state index contributed by atoms with van der Waals surface area (Å²) in [5, 5.41) is 4.20. The molecule has 20 heavy (non-hydrogen) atoms. The summed E-state index contributed by atoms with van der Waals surface area (Å²) < 4.78 is 0. The summed E-state index contributed by atoms with van der Waals surface area (Å²) in [5.74, 6) is 0.206. The first kappa shape index (κ1) is 14.9. The highest BCUT2D eigenvalue weighted by Gasteiger charge is 2.15. The van der Waals surface area contributed by atoms with Crippen molar-refractivity contribution in [2.45, 2.75) is 27.3 Å². The second-order valence-electron chi connectivity index (χ2n) is 5.50. The van der Waals surface area contributed by atoms with Crippen molar-refractivity contribution in [2.75, 3.05) is 13.6 Å². The van der Waals surface area contributed by atoms with Gasteiger partial charge in [-0.1, -0.05) is 17.7 Å². The maximum absolute atomic E-state index is 12.5. The van der Waals surface area contributed by atoms with Crippen molar-refractivity contribution in [3.63, 3.8) is 0 Å². The van der Waals surface area contributed by atoms with E-state index in [0.29, 0.717) is 6.54 Å². The number of hydrogen-bond donors (Lipinski definition) is 0. The van der Waals surface area contributed by atoms with Gasteiger partial charge in [0.25, 0.3) is 0 Å². The van der Waals surface area contributed by atoms with Crippen LogP contribution >= 0.6 is 11.3 Å². The van der Waals surface area contributed by atoms with Gasteiger partial charge in [0.15, 0.2) is 5.78 Å². The molecule has 2 aromatic rings. The van der Waals surface area contributed by atoms with E-state index in [-0.39, 0.29) is 5.78 Å². The summed E-state index contributed by atoms with van der Waals surface area (Å²) in [5.41, 5.74) is 5.52. The zero-order chi connectivity index (χ0) is 14.7. The van der Waals surface area contributed by atoms with Gasteiger partial charge in [0.2, 0.25) is 0 Å². The van der Waals surface area contributed by atoms with Crippen LogP contribution in [-0.4, -0.2) is 24.3 Å². The standard InChI is InChI=1S/C17H21NOS/c1-12-7-13(2)17(14(3)8-12)16(19)10-18(4)9-15-5-6-20-11-15/h5-8,11H,9-10H2,1-4H3. The van der Waals surface area contributed by atoms with Crippen molar-refractivity contribution in [2.24, 2.45) is 0 Å². The first-order chi connectivity index (χ1) is 9.47. The van der Waals surface area contributed by atoms with E-state index in [4.69, 9.17) is 0 Å². The van der Waals surface area contributed by atoms with Crippen LogP contribution < -0.4 is 0 Å². The second kappa shape index (κ2) is 6.33. The van der Waals surface area contributed by atoms with Crippen molar-refractivity contribution >= 4 is 17.1 Å². The number of carbonyl (C=O) groups excluding carboxylic acids is 1. The molecule has 0 radical (unpaired) electrons. The molecule has 0 bridgehead atoms. The molecule has 3 heteroatoms. The molecule has 1 aromatic carbocycles. The topological polar surface area (TPSA) is 20.3 Å². The monoisotopic (exact) mass is 287 g/mol. The lowest BCUT2D eigenvalue weighted by atomic mass is 9.96. The molecule has 0 saturated carbocycles. The third-order valence-corrected chi connectivity index (χ3v) is 4.13. The van der Waals surface area contributed by atoms with Crippen molar-refractivity contribution in [3.8, 4) is 0 Å². The SMILES string of the molecule is Cc1cc(C)c(C(=O)CN(C)Cc2ccsc2)c(C)c1. The second-order valence-corrected chi connectivity index (χ2v) is 6.28. The van der Waals surface area contributed by atoms with Gasteiger partial charge in [-0.2, -0.15) is 11.3 Å². The van der Waals surface area contributed by atoms with Crippen molar-refractivity contribution in [3.05, 3.63) is 56.8 Å². The molecular weight excluding hydrogens is 266 g/mol. The third kappa shape index (κ3) is 3.56. The minimum atomic E-state index is 0.206. The first-order valence-corrected chi connectivity index (χ1v) is 7.72. The Morgan fingerprint density at radius 1 is 1.20 bits per heavy atom. The van der Waals surface area contributed by atoms with Crippen LogP contribution in [0.4, 0.5) is 0 Å². The van der Waals surface area contributed by atoms with E-state index in [1.54, 1.807) is 11.3 Å². The van der Waals surface area contributed by atoms with Gasteiger partial charge in [0, 0.05) is 12.1 Å². The maximum atomic E-state index is 12.5. The van der Waals surface area contributed by atoms with Crippen LogP contribution in [0.25, 0.3) is 0 Å². The lowest BCUT2D eigenvalue weighted by Crippen LogP contribution is -2.26. The molecule has 1 heterocycles. The summed E-state index contributed by atoms with van der Waals surface area (Å²) in [6.07, 6.45) is 0. The number of carbonyl (C=O) groups is 1. The van der Waals surface area contributed by atoms with E-state index in [2.05, 4.69) is 40.8 Å². The molecule has 106 valence electrons. The fourth-order valence-corrected chi connectivity index (χ4v) is 3.35. The molecule has 0 aliphatic heterocycles. The minimum Gasteiger partial charge on any atom is -0.295 e. The highest BCUT2D eigenvalue weighted by molar-refractivity contribution is 7.07. The lowest BCUT2D eigenvalue weighted by Gasteiger charge is -2.17. The van der Waals surface area contributed by atoms with Gasteiger partial charge in [-0.25, -0.2) is 0 Å².